The topological polar surface area (TPSA) is 21.7 Å². The largest absolute Gasteiger partial charge is 0.493 e. The molecule has 0 amide bonds. The summed E-state index contributed by atoms with van der Waals surface area (Å²) in [6.45, 7) is 2.25. The molecule has 28 heavy (non-hydrogen) atoms. The highest BCUT2D eigenvalue weighted by Gasteiger charge is 2.26. The number of methoxy groups -OCH3 is 1. The molecular weight excluding hydrogens is 374 g/mol. The predicted octanol–water partition coefficient (Wildman–Crippen LogP) is 5.54. The van der Waals surface area contributed by atoms with Crippen LogP contribution in [0.2, 0.25) is 0 Å². The molecule has 3 nitrogen and oxygen atoms in total. The standard InChI is InChI=1S/C21H21F4NO2/c1-27-15-9-3-4-10-16(15)28-21-19(24)17(22)14(18(23)20(21)25)8-7-13-26-11-5-2-6-12-26/h3-4,7-10H,2,5-6,11-13H2,1H3/b8-7+. The van der Waals surface area contributed by atoms with Crippen molar-refractivity contribution in [2.45, 2.75) is 19.3 Å². The van der Waals surface area contributed by atoms with Crippen LogP contribution in [-0.4, -0.2) is 31.6 Å². The summed E-state index contributed by atoms with van der Waals surface area (Å²) in [5.74, 6) is -7.22. The van der Waals surface area contributed by atoms with Crippen LogP contribution in [0, 0.1) is 23.3 Å². The second-order valence-electron chi connectivity index (χ2n) is 6.52. The van der Waals surface area contributed by atoms with Gasteiger partial charge >= 0.3 is 0 Å². The van der Waals surface area contributed by atoms with Crippen molar-refractivity contribution in [3.63, 3.8) is 0 Å². The molecule has 0 aliphatic carbocycles. The summed E-state index contributed by atoms with van der Waals surface area (Å²) in [4.78, 5) is 2.11. The van der Waals surface area contributed by atoms with E-state index in [4.69, 9.17) is 9.47 Å². The molecule has 150 valence electrons. The fraction of sp³-hybridized carbons (Fsp3) is 0.333. The van der Waals surface area contributed by atoms with E-state index < -0.39 is 34.6 Å². The van der Waals surface area contributed by atoms with E-state index in [-0.39, 0.29) is 11.5 Å². The van der Waals surface area contributed by atoms with Crippen LogP contribution in [0.1, 0.15) is 24.8 Å². The Hall–Kier alpha value is -2.54. The highest BCUT2D eigenvalue weighted by atomic mass is 19.2. The molecule has 0 aromatic heterocycles. The summed E-state index contributed by atoms with van der Waals surface area (Å²) in [6.07, 6.45) is 5.86. The van der Waals surface area contributed by atoms with Gasteiger partial charge in [0.25, 0.3) is 0 Å². The minimum atomic E-state index is -1.59. The van der Waals surface area contributed by atoms with Crippen molar-refractivity contribution in [2.24, 2.45) is 0 Å². The Morgan fingerprint density at radius 2 is 1.50 bits per heavy atom. The first-order valence-electron chi connectivity index (χ1n) is 9.08. The average Bonchev–Trinajstić information content (AvgIpc) is 2.73. The number of ether oxygens (including phenoxy) is 2. The molecule has 1 fully saturated rings. The molecule has 2 aromatic rings. The highest BCUT2D eigenvalue weighted by Crippen LogP contribution is 2.37. The lowest BCUT2D eigenvalue weighted by molar-refractivity contribution is 0.252. The van der Waals surface area contributed by atoms with Crippen LogP contribution < -0.4 is 9.47 Å². The number of likely N-dealkylation sites (tertiary alicyclic amines) is 1. The molecule has 3 rings (SSSR count). The Labute approximate surface area is 161 Å². The maximum absolute atomic E-state index is 14.4. The van der Waals surface area contributed by atoms with Crippen molar-refractivity contribution in [3.05, 3.63) is 59.2 Å². The van der Waals surface area contributed by atoms with E-state index in [2.05, 4.69) is 4.90 Å². The van der Waals surface area contributed by atoms with Gasteiger partial charge in [-0.1, -0.05) is 30.7 Å². The fourth-order valence-electron chi connectivity index (χ4n) is 3.14. The van der Waals surface area contributed by atoms with E-state index in [0.717, 1.165) is 38.4 Å². The zero-order valence-corrected chi connectivity index (χ0v) is 15.5. The normalized spacial score (nSPS) is 15.2. The molecule has 2 aromatic carbocycles. The number of halogens is 4. The zero-order valence-electron chi connectivity index (χ0n) is 15.5. The number of piperidine rings is 1. The lowest BCUT2D eigenvalue weighted by atomic mass is 10.1. The summed E-state index contributed by atoms with van der Waals surface area (Å²) < 4.78 is 67.7. The van der Waals surface area contributed by atoms with Gasteiger partial charge in [-0.25, -0.2) is 8.78 Å². The van der Waals surface area contributed by atoms with Gasteiger partial charge in [-0.2, -0.15) is 8.78 Å². The van der Waals surface area contributed by atoms with Crippen molar-refractivity contribution in [2.75, 3.05) is 26.7 Å². The van der Waals surface area contributed by atoms with Gasteiger partial charge in [0.2, 0.25) is 17.4 Å². The third kappa shape index (κ3) is 4.30. The maximum Gasteiger partial charge on any atom is 0.205 e. The van der Waals surface area contributed by atoms with Crippen LogP contribution in [0.25, 0.3) is 6.08 Å². The molecule has 0 spiro atoms. The van der Waals surface area contributed by atoms with E-state index >= 15 is 0 Å². The number of nitrogens with zero attached hydrogens (tertiary/aromatic N) is 1. The molecular formula is C21H21F4NO2. The lowest BCUT2D eigenvalue weighted by Crippen LogP contribution is -2.29. The molecule has 1 saturated heterocycles. The van der Waals surface area contributed by atoms with E-state index in [1.807, 2.05) is 0 Å². The van der Waals surface area contributed by atoms with E-state index in [1.54, 1.807) is 6.07 Å². The quantitative estimate of drug-likeness (QED) is 0.473. The molecule has 1 aliphatic rings. The molecule has 1 aliphatic heterocycles. The van der Waals surface area contributed by atoms with Crippen molar-refractivity contribution >= 4 is 6.08 Å². The van der Waals surface area contributed by atoms with Crippen LogP contribution in [0.5, 0.6) is 17.2 Å². The summed E-state index contributed by atoms with van der Waals surface area (Å²) in [5, 5.41) is 0. The highest BCUT2D eigenvalue weighted by molar-refractivity contribution is 5.55. The minimum Gasteiger partial charge on any atom is -0.493 e. The summed E-state index contributed by atoms with van der Waals surface area (Å²) in [7, 11) is 1.34. The van der Waals surface area contributed by atoms with Crippen molar-refractivity contribution in [1.29, 1.82) is 0 Å². The van der Waals surface area contributed by atoms with Crippen LogP contribution in [0.15, 0.2) is 30.3 Å². The number of hydrogen-bond acceptors (Lipinski definition) is 3. The van der Waals surface area contributed by atoms with Gasteiger partial charge < -0.3 is 9.47 Å². The fourth-order valence-corrected chi connectivity index (χ4v) is 3.14. The molecule has 0 unspecified atom stereocenters. The second-order valence-corrected chi connectivity index (χ2v) is 6.52. The molecule has 1 heterocycles. The van der Waals surface area contributed by atoms with Gasteiger partial charge in [-0.15, -0.1) is 0 Å². The smallest absolute Gasteiger partial charge is 0.205 e. The summed E-state index contributed by atoms with van der Waals surface area (Å²) in [5.41, 5.74) is -0.764. The third-order valence-corrected chi connectivity index (χ3v) is 4.63. The van der Waals surface area contributed by atoms with Gasteiger partial charge in [0.05, 0.1) is 12.7 Å². The number of hydrogen-bond donors (Lipinski definition) is 0. The first kappa shape index (κ1) is 20.2. The Morgan fingerprint density at radius 1 is 0.893 bits per heavy atom. The molecule has 0 N–H and O–H groups in total. The van der Waals surface area contributed by atoms with E-state index in [1.165, 1.54) is 31.4 Å². The predicted molar refractivity (Wildman–Crippen MR) is 98.7 cm³/mol. The van der Waals surface area contributed by atoms with Crippen LogP contribution in [-0.2, 0) is 0 Å². The van der Waals surface area contributed by atoms with Crippen molar-refractivity contribution in [3.8, 4) is 17.2 Å². The number of rotatable bonds is 6. The van der Waals surface area contributed by atoms with Gasteiger partial charge in [-0.05, 0) is 38.1 Å². The summed E-state index contributed by atoms with van der Waals surface area (Å²) >= 11 is 0. The SMILES string of the molecule is COc1ccccc1Oc1c(F)c(F)c(/C=C/CN2CCCCC2)c(F)c1F. The van der Waals surface area contributed by atoms with E-state index in [9.17, 15) is 17.6 Å². The van der Waals surface area contributed by atoms with Gasteiger partial charge in [0.15, 0.2) is 23.1 Å². The lowest BCUT2D eigenvalue weighted by Gasteiger charge is -2.24. The third-order valence-electron chi connectivity index (χ3n) is 4.63. The maximum atomic E-state index is 14.4. The van der Waals surface area contributed by atoms with Gasteiger partial charge in [-0.3, -0.25) is 4.90 Å². The molecule has 0 saturated carbocycles. The van der Waals surface area contributed by atoms with Crippen LogP contribution >= 0.6 is 0 Å². The van der Waals surface area contributed by atoms with Crippen LogP contribution in [0.3, 0.4) is 0 Å². The van der Waals surface area contributed by atoms with Gasteiger partial charge in [0, 0.05) is 6.54 Å². The molecule has 0 bridgehead atoms. The summed E-state index contributed by atoms with van der Waals surface area (Å²) in [6, 6.07) is 6.03. The Balaban J connectivity index is 1.86. The zero-order chi connectivity index (χ0) is 20.1. The monoisotopic (exact) mass is 395 g/mol. The molecule has 0 radical (unpaired) electrons. The number of para-hydroxylation sites is 2. The first-order chi connectivity index (χ1) is 13.5. The van der Waals surface area contributed by atoms with Gasteiger partial charge in [0.1, 0.15) is 0 Å². The first-order valence-corrected chi connectivity index (χ1v) is 9.08. The van der Waals surface area contributed by atoms with Crippen molar-refractivity contribution < 1.29 is 27.0 Å². The Morgan fingerprint density at radius 3 is 2.11 bits per heavy atom. The Bertz CT molecular complexity index is 835. The number of benzene rings is 2. The average molecular weight is 395 g/mol. The molecule has 0 atom stereocenters. The Kier molecular flexibility index (Phi) is 6.57. The van der Waals surface area contributed by atoms with E-state index in [0.29, 0.717) is 6.54 Å². The van der Waals surface area contributed by atoms with Crippen molar-refractivity contribution in [1.82, 2.24) is 4.90 Å². The van der Waals surface area contributed by atoms with Crippen LogP contribution in [0.4, 0.5) is 17.6 Å². The molecule has 7 heteroatoms. The minimum absolute atomic E-state index is 0.0602. The second kappa shape index (κ2) is 9.10.